The maximum Gasteiger partial charge on any atom is 0.191 e. The molecule has 0 spiro atoms. The minimum Gasteiger partial charge on any atom is -0.382 e. The molecular weight excluding hydrogens is 246 g/mol. The minimum atomic E-state index is 0.765. The van der Waals surface area contributed by atoms with Crippen molar-refractivity contribution in [3.63, 3.8) is 0 Å². The molecule has 0 aromatic rings. The summed E-state index contributed by atoms with van der Waals surface area (Å²) in [7, 11) is 1.83. The van der Waals surface area contributed by atoms with Gasteiger partial charge in [-0.15, -0.1) is 0 Å². The first-order valence-corrected chi connectivity index (χ1v) is 8.05. The average Bonchev–Trinajstić information content (AvgIpc) is 2.90. The summed E-state index contributed by atoms with van der Waals surface area (Å²) in [6, 6.07) is 0. The monoisotopic (exact) mass is 273 g/mol. The highest BCUT2D eigenvalue weighted by atomic mass is 32.2. The lowest BCUT2D eigenvalue weighted by Gasteiger charge is -2.14. The van der Waals surface area contributed by atoms with Crippen LogP contribution in [0.1, 0.15) is 32.6 Å². The number of ether oxygens (including phenoxy) is 1. The summed E-state index contributed by atoms with van der Waals surface area (Å²) in [5, 5.41) is 7.51. The van der Waals surface area contributed by atoms with Gasteiger partial charge in [0.2, 0.25) is 0 Å². The predicted molar refractivity (Wildman–Crippen MR) is 80.6 cm³/mol. The lowest BCUT2D eigenvalue weighted by Crippen LogP contribution is -2.40. The van der Waals surface area contributed by atoms with E-state index in [2.05, 4.69) is 27.4 Å². The summed E-state index contributed by atoms with van der Waals surface area (Å²) < 4.78 is 5.31. The molecule has 0 aliphatic carbocycles. The van der Waals surface area contributed by atoms with Gasteiger partial charge in [-0.1, -0.05) is 0 Å². The standard InChI is InChI=1S/C13H27N3OS/c1-3-17-9-5-4-8-15-13(14-2)16-11-12-7-6-10-18-12/h12H,3-11H2,1-2H3,(H2,14,15,16). The third-order valence-corrected chi connectivity index (χ3v) is 4.35. The molecule has 0 radical (unpaired) electrons. The van der Waals surface area contributed by atoms with E-state index in [0.29, 0.717) is 0 Å². The van der Waals surface area contributed by atoms with Gasteiger partial charge in [-0.25, -0.2) is 0 Å². The van der Waals surface area contributed by atoms with Crippen molar-refractivity contribution < 1.29 is 4.74 Å². The van der Waals surface area contributed by atoms with Crippen LogP contribution in [0.4, 0.5) is 0 Å². The molecule has 1 aliphatic rings. The van der Waals surface area contributed by atoms with Crippen LogP contribution in [0.5, 0.6) is 0 Å². The van der Waals surface area contributed by atoms with Crippen molar-refractivity contribution in [2.24, 2.45) is 4.99 Å². The maximum absolute atomic E-state index is 5.31. The van der Waals surface area contributed by atoms with Crippen molar-refractivity contribution in [2.75, 3.05) is 39.1 Å². The smallest absolute Gasteiger partial charge is 0.191 e. The number of hydrogen-bond acceptors (Lipinski definition) is 3. The average molecular weight is 273 g/mol. The second-order valence-electron chi connectivity index (χ2n) is 4.42. The van der Waals surface area contributed by atoms with Gasteiger partial charge in [-0.3, -0.25) is 4.99 Å². The third kappa shape index (κ3) is 7.11. The molecule has 5 heteroatoms. The molecule has 1 aliphatic heterocycles. The molecule has 1 unspecified atom stereocenters. The van der Waals surface area contributed by atoms with Gasteiger partial charge in [0.1, 0.15) is 0 Å². The van der Waals surface area contributed by atoms with Gasteiger partial charge >= 0.3 is 0 Å². The van der Waals surface area contributed by atoms with Crippen LogP contribution in [-0.4, -0.2) is 50.3 Å². The first-order chi connectivity index (χ1) is 8.86. The molecule has 0 bridgehead atoms. The molecule has 0 amide bonds. The molecule has 2 N–H and O–H groups in total. The van der Waals surface area contributed by atoms with Crippen molar-refractivity contribution in [3.8, 4) is 0 Å². The quantitative estimate of drug-likeness (QED) is 0.402. The van der Waals surface area contributed by atoms with Crippen LogP contribution in [0.15, 0.2) is 4.99 Å². The van der Waals surface area contributed by atoms with E-state index < -0.39 is 0 Å². The fourth-order valence-electron chi connectivity index (χ4n) is 1.92. The van der Waals surface area contributed by atoms with Crippen molar-refractivity contribution >= 4 is 17.7 Å². The number of hydrogen-bond donors (Lipinski definition) is 2. The molecule has 0 aromatic heterocycles. The zero-order valence-electron chi connectivity index (χ0n) is 11.7. The highest BCUT2D eigenvalue weighted by molar-refractivity contribution is 8.00. The van der Waals surface area contributed by atoms with Crippen molar-refractivity contribution in [3.05, 3.63) is 0 Å². The van der Waals surface area contributed by atoms with Crippen LogP contribution >= 0.6 is 11.8 Å². The third-order valence-electron chi connectivity index (χ3n) is 2.96. The number of rotatable bonds is 8. The normalized spacial score (nSPS) is 20.1. The molecule has 1 saturated heterocycles. The fraction of sp³-hybridized carbons (Fsp3) is 0.923. The first kappa shape index (κ1) is 15.6. The summed E-state index contributed by atoms with van der Waals surface area (Å²) in [4.78, 5) is 4.24. The Morgan fingerprint density at radius 3 is 2.94 bits per heavy atom. The predicted octanol–water partition coefficient (Wildman–Crippen LogP) is 1.86. The molecule has 0 aromatic carbocycles. The first-order valence-electron chi connectivity index (χ1n) is 7.00. The van der Waals surface area contributed by atoms with Crippen molar-refractivity contribution in [1.82, 2.24) is 10.6 Å². The van der Waals surface area contributed by atoms with E-state index in [1.807, 2.05) is 14.0 Å². The van der Waals surface area contributed by atoms with Gasteiger partial charge in [0.15, 0.2) is 5.96 Å². The lowest BCUT2D eigenvalue weighted by molar-refractivity contribution is 0.143. The molecule has 1 heterocycles. The highest BCUT2D eigenvalue weighted by Gasteiger charge is 2.15. The van der Waals surface area contributed by atoms with E-state index in [9.17, 15) is 0 Å². The number of thioether (sulfide) groups is 1. The van der Waals surface area contributed by atoms with Crippen LogP contribution in [-0.2, 0) is 4.74 Å². The second-order valence-corrected chi connectivity index (χ2v) is 5.83. The highest BCUT2D eigenvalue weighted by Crippen LogP contribution is 2.25. The molecule has 18 heavy (non-hydrogen) atoms. The second kappa shape index (κ2) is 10.5. The summed E-state index contributed by atoms with van der Waals surface area (Å²) in [5.41, 5.74) is 0. The molecule has 1 fully saturated rings. The Morgan fingerprint density at radius 1 is 1.39 bits per heavy atom. The zero-order valence-corrected chi connectivity index (χ0v) is 12.5. The molecule has 0 saturated carbocycles. The largest absolute Gasteiger partial charge is 0.382 e. The van der Waals surface area contributed by atoms with Gasteiger partial charge in [-0.2, -0.15) is 11.8 Å². The van der Waals surface area contributed by atoms with E-state index >= 15 is 0 Å². The SMILES string of the molecule is CCOCCCCNC(=NC)NCC1CCCS1. The van der Waals surface area contributed by atoms with Crippen LogP contribution in [0, 0.1) is 0 Å². The van der Waals surface area contributed by atoms with Gasteiger partial charge in [-0.05, 0) is 38.4 Å². The van der Waals surface area contributed by atoms with Crippen molar-refractivity contribution in [2.45, 2.75) is 37.9 Å². The van der Waals surface area contributed by atoms with E-state index in [0.717, 1.165) is 50.4 Å². The summed E-state index contributed by atoms with van der Waals surface area (Å²) in [6.45, 7) is 5.71. The van der Waals surface area contributed by atoms with E-state index in [1.54, 1.807) is 0 Å². The molecule has 1 atom stereocenters. The van der Waals surface area contributed by atoms with Crippen LogP contribution in [0.3, 0.4) is 0 Å². The minimum absolute atomic E-state index is 0.765. The Morgan fingerprint density at radius 2 is 2.28 bits per heavy atom. The number of unbranched alkanes of at least 4 members (excludes halogenated alkanes) is 1. The number of aliphatic imine (C=N–C) groups is 1. The van der Waals surface area contributed by atoms with Crippen molar-refractivity contribution in [1.29, 1.82) is 0 Å². The maximum atomic E-state index is 5.31. The Labute approximate surface area is 115 Å². The summed E-state index contributed by atoms with van der Waals surface area (Å²) in [6.07, 6.45) is 4.93. The van der Waals surface area contributed by atoms with Crippen LogP contribution in [0.2, 0.25) is 0 Å². The van der Waals surface area contributed by atoms with E-state index in [1.165, 1.54) is 18.6 Å². The molecule has 4 nitrogen and oxygen atoms in total. The number of guanidine groups is 1. The Hall–Kier alpha value is -0.420. The van der Waals surface area contributed by atoms with Gasteiger partial charge in [0, 0.05) is 38.6 Å². The van der Waals surface area contributed by atoms with Gasteiger partial charge < -0.3 is 15.4 Å². The van der Waals surface area contributed by atoms with Crippen LogP contribution in [0.25, 0.3) is 0 Å². The van der Waals surface area contributed by atoms with Crippen LogP contribution < -0.4 is 10.6 Å². The Kier molecular flexibility index (Phi) is 9.12. The number of nitrogens with zero attached hydrogens (tertiary/aromatic N) is 1. The molecular formula is C13H27N3OS. The fourth-order valence-corrected chi connectivity index (χ4v) is 3.12. The Bertz CT molecular complexity index is 230. The van der Waals surface area contributed by atoms with E-state index in [4.69, 9.17) is 4.74 Å². The lowest BCUT2D eigenvalue weighted by atomic mass is 10.2. The Balaban J connectivity index is 1.99. The molecule has 106 valence electrons. The summed E-state index contributed by atoms with van der Waals surface area (Å²) in [5.74, 6) is 2.24. The molecule has 1 rings (SSSR count). The van der Waals surface area contributed by atoms with Gasteiger partial charge in [0.25, 0.3) is 0 Å². The topological polar surface area (TPSA) is 45.6 Å². The zero-order chi connectivity index (χ0) is 13.1. The van der Waals surface area contributed by atoms with Gasteiger partial charge in [0.05, 0.1) is 0 Å². The number of nitrogens with one attached hydrogen (secondary N) is 2. The summed E-state index contributed by atoms with van der Waals surface area (Å²) >= 11 is 2.07. The van der Waals surface area contributed by atoms with E-state index in [-0.39, 0.29) is 0 Å².